The van der Waals surface area contributed by atoms with E-state index >= 15 is 0 Å². The van der Waals surface area contributed by atoms with E-state index in [1.165, 1.54) is 0 Å². The van der Waals surface area contributed by atoms with E-state index in [2.05, 4.69) is 17.1 Å². The van der Waals surface area contributed by atoms with Crippen LogP contribution in [0.2, 0.25) is 0 Å². The van der Waals surface area contributed by atoms with Crippen LogP contribution in [0.4, 0.5) is 0 Å². The van der Waals surface area contributed by atoms with E-state index in [9.17, 15) is 4.79 Å². The van der Waals surface area contributed by atoms with Gasteiger partial charge < -0.3 is 10.4 Å². The molecule has 1 aliphatic rings. The number of carbonyl (C=O) groups excluding carboxylic acids is 1. The molecule has 4 heteroatoms. The number of aliphatic hydroxyl groups is 1. The molecule has 0 aromatic rings. The van der Waals surface area contributed by atoms with Crippen LogP contribution in [0.5, 0.6) is 0 Å². The summed E-state index contributed by atoms with van der Waals surface area (Å²) in [6.45, 7) is 8.49. The second-order valence-electron chi connectivity index (χ2n) is 5.03. The molecule has 88 valence electrons. The van der Waals surface area contributed by atoms with Gasteiger partial charge in [0.2, 0.25) is 5.91 Å². The van der Waals surface area contributed by atoms with Crippen LogP contribution in [-0.2, 0) is 4.79 Å². The fourth-order valence-electron chi connectivity index (χ4n) is 1.63. The number of amides is 1. The number of nitrogens with zero attached hydrogens (tertiary/aromatic N) is 1. The molecule has 0 aromatic heterocycles. The van der Waals surface area contributed by atoms with Crippen molar-refractivity contribution in [1.29, 1.82) is 0 Å². The molecule has 0 aromatic carbocycles. The van der Waals surface area contributed by atoms with Crippen LogP contribution in [0.25, 0.3) is 0 Å². The first kappa shape index (κ1) is 12.5. The highest BCUT2D eigenvalue weighted by atomic mass is 16.3. The summed E-state index contributed by atoms with van der Waals surface area (Å²) in [7, 11) is 0. The molecular formula is C11H22N2O2. The molecule has 1 rings (SSSR count). The quantitative estimate of drug-likeness (QED) is 0.688. The van der Waals surface area contributed by atoms with Crippen molar-refractivity contribution in [3.05, 3.63) is 0 Å². The maximum Gasteiger partial charge on any atom is 0.234 e. The molecule has 1 aliphatic heterocycles. The average molecular weight is 214 g/mol. The maximum absolute atomic E-state index is 11.6. The van der Waals surface area contributed by atoms with Crippen LogP contribution in [0.1, 0.15) is 27.2 Å². The van der Waals surface area contributed by atoms with Crippen molar-refractivity contribution in [1.82, 2.24) is 10.2 Å². The summed E-state index contributed by atoms with van der Waals surface area (Å²) in [4.78, 5) is 13.7. The second kappa shape index (κ2) is 4.94. The molecule has 0 radical (unpaired) electrons. The summed E-state index contributed by atoms with van der Waals surface area (Å²) in [6, 6.07) is 0. The van der Waals surface area contributed by atoms with Gasteiger partial charge in [-0.05, 0) is 20.3 Å². The van der Waals surface area contributed by atoms with E-state index in [0.717, 1.165) is 19.5 Å². The topological polar surface area (TPSA) is 52.6 Å². The molecule has 4 nitrogen and oxygen atoms in total. The molecule has 2 N–H and O–H groups in total. The van der Waals surface area contributed by atoms with E-state index in [1.54, 1.807) is 0 Å². The predicted octanol–water partition coefficient (Wildman–Crippen LogP) is 0.215. The van der Waals surface area contributed by atoms with Gasteiger partial charge in [-0.15, -0.1) is 0 Å². The lowest BCUT2D eigenvalue weighted by Crippen LogP contribution is -2.54. The second-order valence-corrected chi connectivity index (χ2v) is 5.03. The Labute approximate surface area is 91.6 Å². The first-order valence-corrected chi connectivity index (χ1v) is 5.61. The summed E-state index contributed by atoms with van der Waals surface area (Å²) in [5.74, 6) is 0.454. The summed E-state index contributed by atoms with van der Waals surface area (Å²) in [5.41, 5.74) is -0.113. The molecule has 0 spiro atoms. The minimum absolute atomic E-state index is 0.0817. The molecule has 0 saturated carbocycles. The van der Waals surface area contributed by atoms with Gasteiger partial charge in [0.05, 0.1) is 6.54 Å². The molecule has 1 fully saturated rings. The number of carbonyl (C=O) groups is 1. The largest absolute Gasteiger partial charge is 0.396 e. The SMILES string of the molecule is CCC(C)(C)NC(=O)CN1CC(CO)C1. The first-order chi connectivity index (χ1) is 6.96. The highest BCUT2D eigenvalue weighted by molar-refractivity contribution is 5.78. The Balaban J connectivity index is 2.20. The molecule has 0 aliphatic carbocycles. The summed E-state index contributed by atoms with van der Waals surface area (Å²) in [5, 5.41) is 11.8. The fraction of sp³-hybridized carbons (Fsp3) is 0.909. The average Bonchev–Trinajstić information content (AvgIpc) is 2.10. The van der Waals surface area contributed by atoms with Crippen LogP contribution < -0.4 is 5.32 Å². The van der Waals surface area contributed by atoms with Crippen LogP contribution in [0.3, 0.4) is 0 Å². The summed E-state index contributed by atoms with van der Waals surface area (Å²) >= 11 is 0. The predicted molar refractivity (Wildman–Crippen MR) is 59.5 cm³/mol. The molecular weight excluding hydrogens is 192 g/mol. The highest BCUT2D eigenvalue weighted by Crippen LogP contribution is 2.14. The van der Waals surface area contributed by atoms with Gasteiger partial charge in [-0.25, -0.2) is 0 Å². The zero-order valence-corrected chi connectivity index (χ0v) is 9.92. The van der Waals surface area contributed by atoms with Crippen molar-refractivity contribution in [2.75, 3.05) is 26.2 Å². The van der Waals surface area contributed by atoms with E-state index in [1.807, 2.05) is 13.8 Å². The van der Waals surface area contributed by atoms with Crippen LogP contribution in [0, 0.1) is 5.92 Å². The van der Waals surface area contributed by atoms with Gasteiger partial charge in [0, 0.05) is 31.2 Å². The standard InChI is InChI=1S/C11H22N2O2/c1-4-11(2,3)12-10(15)7-13-5-9(6-13)8-14/h9,14H,4-8H2,1-3H3,(H,12,15). The van der Waals surface area contributed by atoms with Crippen LogP contribution in [0.15, 0.2) is 0 Å². The van der Waals surface area contributed by atoms with Crippen molar-refractivity contribution in [3.63, 3.8) is 0 Å². The summed E-state index contributed by atoms with van der Waals surface area (Å²) < 4.78 is 0. The number of likely N-dealkylation sites (tertiary alicyclic amines) is 1. The van der Waals surface area contributed by atoms with Crippen molar-refractivity contribution in [2.45, 2.75) is 32.7 Å². The monoisotopic (exact) mass is 214 g/mol. The Kier molecular flexibility index (Phi) is 4.11. The van der Waals surface area contributed by atoms with Gasteiger partial charge in [-0.2, -0.15) is 0 Å². The Morgan fingerprint density at radius 3 is 2.60 bits per heavy atom. The number of aliphatic hydroxyl groups excluding tert-OH is 1. The lowest BCUT2D eigenvalue weighted by molar-refractivity contribution is -0.125. The Morgan fingerprint density at radius 2 is 2.13 bits per heavy atom. The van der Waals surface area contributed by atoms with E-state index in [0.29, 0.717) is 12.5 Å². The zero-order chi connectivity index (χ0) is 11.5. The molecule has 0 unspecified atom stereocenters. The Morgan fingerprint density at radius 1 is 1.53 bits per heavy atom. The van der Waals surface area contributed by atoms with Gasteiger partial charge in [-0.3, -0.25) is 9.69 Å². The van der Waals surface area contributed by atoms with Crippen molar-refractivity contribution in [2.24, 2.45) is 5.92 Å². The third-order valence-corrected chi connectivity index (χ3v) is 3.02. The van der Waals surface area contributed by atoms with Gasteiger partial charge >= 0.3 is 0 Å². The molecule has 1 heterocycles. The smallest absolute Gasteiger partial charge is 0.234 e. The van der Waals surface area contributed by atoms with E-state index in [4.69, 9.17) is 5.11 Å². The van der Waals surface area contributed by atoms with Crippen molar-refractivity contribution >= 4 is 5.91 Å². The molecule has 1 saturated heterocycles. The highest BCUT2D eigenvalue weighted by Gasteiger charge is 2.28. The Hall–Kier alpha value is -0.610. The number of hydrogen-bond acceptors (Lipinski definition) is 3. The number of nitrogens with one attached hydrogen (secondary N) is 1. The van der Waals surface area contributed by atoms with Crippen LogP contribution >= 0.6 is 0 Å². The Bertz CT molecular complexity index is 223. The number of hydrogen-bond donors (Lipinski definition) is 2. The zero-order valence-electron chi connectivity index (χ0n) is 9.92. The van der Waals surface area contributed by atoms with Crippen molar-refractivity contribution in [3.8, 4) is 0 Å². The fourth-order valence-corrected chi connectivity index (χ4v) is 1.63. The lowest BCUT2D eigenvalue weighted by Gasteiger charge is -2.38. The van der Waals surface area contributed by atoms with E-state index in [-0.39, 0.29) is 18.1 Å². The van der Waals surface area contributed by atoms with Gasteiger partial charge in [0.1, 0.15) is 0 Å². The summed E-state index contributed by atoms with van der Waals surface area (Å²) in [6.07, 6.45) is 0.929. The lowest BCUT2D eigenvalue weighted by atomic mass is 10.0. The van der Waals surface area contributed by atoms with Crippen LogP contribution in [-0.4, -0.2) is 47.7 Å². The maximum atomic E-state index is 11.6. The van der Waals surface area contributed by atoms with Gasteiger partial charge in [0.15, 0.2) is 0 Å². The van der Waals surface area contributed by atoms with Crippen molar-refractivity contribution < 1.29 is 9.90 Å². The molecule has 15 heavy (non-hydrogen) atoms. The normalized spacial score (nSPS) is 18.7. The third-order valence-electron chi connectivity index (χ3n) is 3.02. The minimum Gasteiger partial charge on any atom is -0.396 e. The van der Waals surface area contributed by atoms with Gasteiger partial charge in [0.25, 0.3) is 0 Å². The minimum atomic E-state index is -0.113. The first-order valence-electron chi connectivity index (χ1n) is 5.61. The molecule has 0 atom stereocenters. The number of rotatable bonds is 5. The van der Waals surface area contributed by atoms with Gasteiger partial charge in [-0.1, -0.05) is 6.92 Å². The molecule has 1 amide bonds. The van der Waals surface area contributed by atoms with E-state index < -0.39 is 0 Å². The molecule has 0 bridgehead atoms. The third kappa shape index (κ3) is 3.80.